The van der Waals surface area contributed by atoms with Crippen LogP contribution in [0.4, 0.5) is 0 Å². The number of hydrogen-bond acceptors (Lipinski definition) is 5. The lowest BCUT2D eigenvalue weighted by molar-refractivity contribution is -0.150. The number of Topliss-reactive ketones (excluding diaryl/α,β-unsaturated/α-hetero) is 1. The van der Waals surface area contributed by atoms with Crippen molar-refractivity contribution in [3.63, 3.8) is 0 Å². The minimum Gasteiger partial charge on any atom is -0.480 e. The van der Waals surface area contributed by atoms with Gasteiger partial charge in [0.25, 0.3) is 0 Å². The number of ketones is 1. The third-order valence-corrected chi connectivity index (χ3v) is 2.02. The molecule has 0 aliphatic rings. The summed E-state index contributed by atoms with van der Waals surface area (Å²) in [5, 5.41) is 16.3. The largest absolute Gasteiger partial charge is 0.480 e. The van der Waals surface area contributed by atoms with Gasteiger partial charge in [0.05, 0.1) is 0 Å². The predicted octanol–water partition coefficient (Wildman–Crippen LogP) is -0.177. The third kappa shape index (κ3) is 11.0. The van der Waals surface area contributed by atoms with Crippen molar-refractivity contribution in [2.24, 2.45) is 17.4 Å². The standard InChI is InChI=1S/C6H14N2O2.C5H8O3/c7-4-2-1-3-5(8)6(9)10;1-3(2)4(6)5(7)8/h5H,1-4,7-8H2,(H,9,10);3H,1-2H3,(H,7,8)/t5-;/m0./s1. The maximum absolute atomic E-state index is 10.2. The van der Waals surface area contributed by atoms with Crippen LogP contribution in [0.1, 0.15) is 33.1 Å². The number of unbranched alkanes of at least 4 members (excludes halogenated alkanes) is 1. The summed E-state index contributed by atoms with van der Waals surface area (Å²) < 4.78 is 0. The van der Waals surface area contributed by atoms with Gasteiger partial charge in [0.1, 0.15) is 6.04 Å². The third-order valence-electron chi connectivity index (χ3n) is 2.02. The van der Waals surface area contributed by atoms with E-state index in [9.17, 15) is 14.4 Å². The highest BCUT2D eigenvalue weighted by Gasteiger charge is 2.14. The molecule has 0 aliphatic carbocycles. The zero-order chi connectivity index (χ0) is 14.7. The van der Waals surface area contributed by atoms with Gasteiger partial charge in [0, 0.05) is 5.92 Å². The Balaban J connectivity index is 0. The Morgan fingerprint density at radius 2 is 1.61 bits per heavy atom. The number of carbonyl (C=O) groups excluding carboxylic acids is 1. The fourth-order valence-corrected chi connectivity index (χ4v) is 0.879. The Kier molecular flexibility index (Phi) is 11.2. The quantitative estimate of drug-likeness (QED) is 0.368. The Morgan fingerprint density at radius 1 is 1.11 bits per heavy atom. The molecule has 0 aromatic heterocycles. The lowest BCUT2D eigenvalue weighted by Crippen LogP contribution is -2.29. The second-order valence-electron chi connectivity index (χ2n) is 4.05. The number of aliphatic carboxylic acids is 2. The maximum atomic E-state index is 10.2. The average Bonchev–Trinajstić information content (AvgIpc) is 2.28. The summed E-state index contributed by atoms with van der Waals surface area (Å²) in [4.78, 5) is 30.2. The molecule has 0 fully saturated rings. The lowest BCUT2D eigenvalue weighted by Gasteiger charge is -2.03. The molecule has 106 valence electrons. The normalized spacial score (nSPS) is 11.4. The van der Waals surface area contributed by atoms with Crippen LogP contribution in [0.25, 0.3) is 0 Å². The SMILES string of the molecule is CC(C)C(=O)C(=O)O.NCCCC[C@H](N)C(=O)O. The highest BCUT2D eigenvalue weighted by Crippen LogP contribution is 1.97. The Bertz CT molecular complexity index is 279. The molecule has 0 saturated carbocycles. The average molecular weight is 262 g/mol. The molecule has 18 heavy (non-hydrogen) atoms. The molecule has 0 rings (SSSR count). The fourth-order valence-electron chi connectivity index (χ4n) is 0.879. The van der Waals surface area contributed by atoms with Gasteiger partial charge < -0.3 is 21.7 Å². The first kappa shape index (κ1) is 18.9. The van der Waals surface area contributed by atoms with Gasteiger partial charge in [-0.3, -0.25) is 9.59 Å². The summed E-state index contributed by atoms with van der Waals surface area (Å²) in [7, 11) is 0. The van der Waals surface area contributed by atoms with E-state index < -0.39 is 29.7 Å². The van der Waals surface area contributed by atoms with Crippen molar-refractivity contribution in [1.29, 1.82) is 0 Å². The van der Waals surface area contributed by atoms with E-state index in [0.717, 1.165) is 12.8 Å². The first-order chi connectivity index (χ1) is 8.23. The Labute approximate surface area is 106 Å². The van der Waals surface area contributed by atoms with Crippen molar-refractivity contribution >= 4 is 17.7 Å². The van der Waals surface area contributed by atoms with Gasteiger partial charge >= 0.3 is 11.9 Å². The van der Waals surface area contributed by atoms with Crippen molar-refractivity contribution in [3.8, 4) is 0 Å². The van der Waals surface area contributed by atoms with E-state index in [-0.39, 0.29) is 0 Å². The van der Waals surface area contributed by atoms with Gasteiger partial charge in [-0.25, -0.2) is 4.79 Å². The van der Waals surface area contributed by atoms with E-state index in [4.69, 9.17) is 21.7 Å². The predicted molar refractivity (Wildman–Crippen MR) is 66.0 cm³/mol. The molecule has 0 amide bonds. The number of carboxylic acid groups (broad SMARTS) is 2. The van der Waals surface area contributed by atoms with Crippen LogP contribution in [-0.4, -0.2) is 40.5 Å². The molecule has 1 atom stereocenters. The molecule has 6 N–H and O–H groups in total. The van der Waals surface area contributed by atoms with Crippen LogP contribution >= 0.6 is 0 Å². The highest BCUT2D eigenvalue weighted by atomic mass is 16.4. The minimum atomic E-state index is -1.35. The van der Waals surface area contributed by atoms with Crippen LogP contribution in [0.15, 0.2) is 0 Å². The van der Waals surface area contributed by atoms with E-state index in [2.05, 4.69) is 0 Å². The summed E-state index contributed by atoms with van der Waals surface area (Å²) in [6, 6.07) is -0.716. The van der Waals surface area contributed by atoms with Crippen molar-refractivity contribution in [2.45, 2.75) is 39.2 Å². The number of hydrogen-bond donors (Lipinski definition) is 4. The Hall–Kier alpha value is -1.47. The molecular formula is C11H22N2O5. The molecule has 7 nitrogen and oxygen atoms in total. The summed E-state index contributed by atoms with van der Waals surface area (Å²) in [5.41, 5.74) is 10.4. The zero-order valence-corrected chi connectivity index (χ0v) is 10.8. The second-order valence-corrected chi connectivity index (χ2v) is 4.05. The maximum Gasteiger partial charge on any atom is 0.372 e. The number of carboxylic acids is 2. The summed E-state index contributed by atoms with van der Waals surface area (Å²) in [5.74, 6) is -3.41. The van der Waals surface area contributed by atoms with Crippen LogP contribution in [0.5, 0.6) is 0 Å². The summed E-state index contributed by atoms with van der Waals surface area (Å²) >= 11 is 0. The topological polar surface area (TPSA) is 144 Å². The molecule has 0 radical (unpaired) electrons. The van der Waals surface area contributed by atoms with Gasteiger partial charge in [-0.1, -0.05) is 20.3 Å². The van der Waals surface area contributed by atoms with Crippen LogP contribution in [-0.2, 0) is 14.4 Å². The van der Waals surface area contributed by atoms with Gasteiger partial charge in [-0.05, 0) is 19.4 Å². The van der Waals surface area contributed by atoms with Crippen LogP contribution < -0.4 is 11.5 Å². The number of nitrogens with two attached hydrogens (primary N) is 2. The van der Waals surface area contributed by atoms with Crippen molar-refractivity contribution in [1.82, 2.24) is 0 Å². The van der Waals surface area contributed by atoms with Crippen molar-refractivity contribution in [2.75, 3.05) is 6.54 Å². The molecule has 0 bridgehead atoms. The monoisotopic (exact) mass is 262 g/mol. The van der Waals surface area contributed by atoms with E-state index in [1.807, 2.05) is 0 Å². The van der Waals surface area contributed by atoms with E-state index >= 15 is 0 Å². The molecule has 0 heterocycles. The highest BCUT2D eigenvalue weighted by molar-refractivity contribution is 6.33. The van der Waals surface area contributed by atoms with Gasteiger partial charge in [0.2, 0.25) is 5.78 Å². The molecule has 0 aliphatic heterocycles. The van der Waals surface area contributed by atoms with Gasteiger partial charge in [0.15, 0.2) is 0 Å². The molecular weight excluding hydrogens is 240 g/mol. The second kappa shape index (κ2) is 10.7. The van der Waals surface area contributed by atoms with Crippen LogP contribution in [0, 0.1) is 5.92 Å². The van der Waals surface area contributed by atoms with Gasteiger partial charge in [-0.15, -0.1) is 0 Å². The van der Waals surface area contributed by atoms with Crippen LogP contribution in [0.3, 0.4) is 0 Å². The van der Waals surface area contributed by atoms with Gasteiger partial charge in [-0.2, -0.15) is 0 Å². The van der Waals surface area contributed by atoms with E-state index in [1.165, 1.54) is 0 Å². The Morgan fingerprint density at radius 3 is 1.83 bits per heavy atom. The minimum absolute atomic E-state index is 0.396. The fraction of sp³-hybridized carbons (Fsp3) is 0.727. The molecule has 0 saturated heterocycles. The van der Waals surface area contributed by atoms with Crippen LogP contribution in [0.2, 0.25) is 0 Å². The first-order valence-electron chi connectivity index (χ1n) is 5.69. The van der Waals surface area contributed by atoms with E-state index in [1.54, 1.807) is 13.8 Å². The smallest absolute Gasteiger partial charge is 0.372 e. The molecule has 0 spiro atoms. The summed E-state index contributed by atoms with van der Waals surface area (Å²) in [6.07, 6.45) is 2.16. The lowest BCUT2D eigenvalue weighted by atomic mass is 10.1. The molecule has 0 unspecified atom stereocenters. The van der Waals surface area contributed by atoms with E-state index in [0.29, 0.717) is 13.0 Å². The number of rotatable bonds is 7. The molecule has 0 aromatic carbocycles. The van der Waals surface area contributed by atoms with Crippen molar-refractivity contribution < 1.29 is 24.6 Å². The first-order valence-corrected chi connectivity index (χ1v) is 5.69. The zero-order valence-electron chi connectivity index (χ0n) is 10.8. The summed E-state index contributed by atoms with van der Waals surface area (Å²) in [6.45, 7) is 3.71. The molecule has 7 heteroatoms. The molecule has 0 aromatic rings. The number of carbonyl (C=O) groups is 3. The van der Waals surface area contributed by atoms with Crippen molar-refractivity contribution in [3.05, 3.63) is 0 Å².